The Morgan fingerprint density at radius 3 is 2.74 bits per heavy atom. The largest absolute Gasteiger partial charge is 0.368 e. The molecule has 3 rings (SSSR count). The first kappa shape index (κ1) is 16.9. The van der Waals surface area contributed by atoms with Crippen molar-refractivity contribution in [1.82, 2.24) is 9.62 Å². The summed E-state index contributed by atoms with van der Waals surface area (Å²) in [6, 6.07) is 3.42. The Hall–Kier alpha value is -0.960. The van der Waals surface area contributed by atoms with Crippen LogP contribution in [0, 0.1) is 0 Å². The van der Waals surface area contributed by atoms with E-state index in [1.165, 1.54) is 11.3 Å². The predicted molar refractivity (Wildman–Crippen MR) is 87.7 cm³/mol. The third kappa shape index (κ3) is 3.93. The highest BCUT2D eigenvalue weighted by molar-refractivity contribution is 7.91. The fourth-order valence-corrected chi connectivity index (χ4v) is 5.86. The summed E-state index contributed by atoms with van der Waals surface area (Å²) in [5.74, 6) is -0.115. The van der Waals surface area contributed by atoms with Gasteiger partial charge in [-0.3, -0.25) is 4.79 Å². The van der Waals surface area contributed by atoms with Crippen LogP contribution in [0.5, 0.6) is 0 Å². The number of thiophene rings is 1. The van der Waals surface area contributed by atoms with Gasteiger partial charge in [-0.2, -0.15) is 4.31 Å². The number of nitrogens with zero attached hydrogens (tertiary/aromatic N) is 1. The van der Waals surface area contributed by atoms with Gasteiger partial charge in [0.2, 0.25) is 5.91 Å². The Kier molecular flexibility index (Phi) is 5.35. The van der Waals surface area contributed by atoms with Gasteiger partial charge in [-0.15, -0.1) is 11.3 Å². The minimum absolute atomic E-state index is 0.115. The fraction of sp³-hybridized carbons (Fsp3) is 0.667. The van der Waals surface area contributed by atoms with Crippen LogP contribution in [-0.2, 0) is 26.1 Å². The van der Waals surface area contributed by atoms with Gasteiger partial charge in [0.05, 0.1) is 6.54 Å². The van der Waals surface area contributed by atoms with Gasteiger partial charge in [-0.1, -0.05) is 6.42 Å². The highest BCUT2D eigenvalue weighted by atomic mass is 32.2. The van der Waals surface area contributed by atoms with E-state index in [1.807, 2.05) is 0 Å². The molecular formula is C15H22N2O4S2. The number of amides is 1. The van der Waals surface area contributed by atoms with Crippen LogP contribution in [0.4, 0.5) is 0 Å². The van der Waals surface area contributed by atoms with Crippen LogP contribution < -0.4 is 5.32 Å². The van der Waals surface area contributed by atoms with Crippen molar-refractivity contribution in [3.8, 4) is 0 Å². The van der Waals surface area contributed by atoms with E-state index in [2.05, 4.69) is 5.32 Å². The van der Waals surface area contributed by atoms with Gasteiger partial charge in [-0.05, 0) is 37.8 Å². The molecule has 1 amide bonds. The van der Waals surface area contributed by atoms with E-state index in [-0.39, 0.29) is 12.0 Å². The lowest BCUT2D eigenvalue weighted by molar-refractivity contribution is -0.130. The van der Waals surface area contributed by atoms with Crippen LogP contribution in [0.1, 0.15) is 37.0 Å². The van der Waals surface area contributed by atoms with E-state index >= 15 is 0 Å². The zero-order valence-electron chi connectivity index (χ0n) is 13.0. The molecular weight excluding hydrogens is 336 g/mol. The van der Waals surface area contributed by atoms with E-state index in [1.54, 1.807) is 16.4 Å². The van der Waals surface area contributed by atoms with E-state index < -0.39 is 10.0 Å². The van der Waals surface area contributed by atoms with Gasteiger partial charge in [0.15, 0.2) is 0 Å². The Morgan fingerprint density at radius 1 is 1.26 bits per heavy atom. The molecule has 1 atom stereocenters. The van der Waals surface area contributed by atoms with Gasteiger partial charge < -0.3 is 10.1 Å². The van der Waals surface area contributed by atoms with E-state index in [0.717, 1.165) is 37.0 Å². The molecule has 128 valence electrons. The van der Waals surface area contributed by atoms with Crippen molar-refractivity contribution in [3.63, 3.8) is 0 Å². The number of rotatable bonds is 5. The first-order valence-corrected chi connectivity index (χ1v) is 10.3. The van der Waals surface area contributed by atoms with Crippen molar-refractivity contribution in [3.05, 3.63) is 17.0 Å². The molecule has 0 unspecified atom stereocenters. The number of piperidine rings is 1. The van der Waals surface area contributed by atoms with Crippen LogP contribution in [0.2, 0.25) is 0 Å². The van der Waals surface area contributed by atoms with Crippen LogP contribution in [0.15, 0.2) is 16.3 Å². The molecule has 0 radical (unpaired) electrons. The average Bonchev–Trinajstić information content (AvgIpc) is 3.25. The summed E-state index contributed by atoms with van der Waals surface area (Å²) in [6.07, 6.45) is 4.26. The molecule has 2 aliphatic rings. The molecule has 0 aliphatic carbocycles. The first-order valence-electron chi connectivity index (χ1n) is 8.05. The molecule has 0 aromatic carbocycles. The maximum Gasteiger partial charge on any atom is 0.252 e. The van der Waals surface area contributed by atoms with Crippen molar-refractivity contribution in [2.45, 2.75) is 49.0 Å². The Labute approximate surface area is 140 Å². The Bertz CT molecular complexity index is 644. The van der Waals surface area contributed by atoms with Crippen LogP contribution in [0.25, 0.3) is 0 Å². The molecule has 8 heteroatoms. The van der Waals surface area contributed by atoms with Crippen molar-refractivity contribution >= 4 is 27.3 Å². The van der Waals surface area contributed by atoms with Crippen molar-refractivity contribution in [2.75, 3.05) is 19.7 Å². The first-order chi connectivity index (χ1) is 11.1. The molecule has 0 spiro atoms. The van der Waals surface area contributed by atoms with Gasteiger partial charge in [0, 0.05) is 24.6 Å². The summed E-state index contributed by atoms with van der Waals surface area (Å²) in [6.45, 7) is 2.19. The maximum absolute atomic E-state index is 12.6. The highest BCUT2D eigenvalue weighted by Crippen LogP contribution is 2.27. The number of hydrogen-bond acceptors (Lipinski definition) is 5. The summed E-state index contributed by atoms with van der Waals surface area (Å²) in [4.78, 5) is 12.8. The third-order valence-electron chi connectivity index (χ3n) is 4.21. The molecule has 2 fully saturated rings. The highest BCUT2D eigenvalue weighted by Gasteiger charge is 2.28. The maximum atomic E-state index is 12.6. The molecule has 1 N–H and O–H groups in total. The third-order valence-corrected chi connectivity index (χ3v) is 7.66. The SMILES string of the molecule is O=C(NCc1ccc(S(=O)(=O)N2CCCCC2)s1)[C@H]1CCCO1. The topological polar surface area (TPSA) is 75.7 Å². The molecule has 3 heterocycles. The van der Waals surface area contributed by atoms with E-state index in [4.69, 9.17) is 4.74 Å². The predicted octanol–water partition coefficient (Wildman–Crippen LogP) is 1.72. The molecule has 0 saturated carbocycles. The van der Waals surface area contributed by atoms with Gasteiger partial charge in [0.25, 0.3) is 10.0 Å². The molecule has 1 aromatic heterocycles. The number of carbonyl (C=O) groups is 1. The number of hydrogen-bond donors (Lipinski definition) is 1. The van der Waals surface area contributed by atoms with E-state index in [9.17, 15) is 13.2 Å². The quantitative estimate of drug-likeness (QED) is 0.869. The minimum Gasteiger partial charge on any atom is -0.368 e. The number of sulfonamides is 1. The molecule has 23 heavy (non-hydrogen) atoms. The summed E-state index contributed by atoms with van der Waals surface area (Å²) < 4.78 is 32.4. The fourth-order valence-electron chi connectivity index (χ4n) is 2.90. The summed E-state index contributed by atoms with van der Waals surface area (Å²) in [7, 11) is -3.38. The van der Waals surface area contributed by atoms with Crippen molar-refractivity contribution in [2.24, 2.45) is 0 Å². The van der Waals surface area contributed by atoms with Gasteiger partial charge >= 0.3 is 0 Å². The summed E-state index contributed by atoms with van der Waals surface area (Å²) in [5.41, 5.74) is 0. The summed E-state index contributed by atoms with van der Waals surface area (Å²) in [5, 5.41) is 2.82. The average molecular weight is 358 g/mol. The van der Waals surface area contributed by atoms with Crippen LogP contribution >= 0.6 is 11.3 Å². The lowest BCUT2D eigenvalue weighted by atomic mass is 10.2. The van der Waals surface area contributed by atoms with Crippen LogP contribution in [0.3, 0.4) is 0 Å². The zero-order valence-corrected chi connectivity index (χ0v) is 14.6. The minimum atomic E-state index is -3.38. The normalized spacial score (nSPS) is 23.0. The number of ether oxygens (including phenoxy) is 1. The molecule has 1 aromatic rings. The number of carbonyl (C=O) groups excluding carboxylic acids is 1. The smallest absolute Gasteiger partial charge is 0.252 e. The van der Waals surface area contributed by atoms with Crippen LogP contribution in [-0.4, -0.2) is 44.4 Å². The second kappa shape index (κ2) is 7.29. The summed E-state index contributed by atoms with van der Waals surface area (Å²) >= 11 is 1.23. The molecule has 2 aliphatic heterocycles. The Morgan fingerprint density at radius 2 is 2.04 bits per heavy atom. The van der Waals surface area contributed by atoms with Gasteiger partial charge in [-0.25, -0.2) is 8.42 Å². The molecule has 6 nitrogen and oxygen atoms in total. The monoisotopic (exact) mass is 358 g/mol. The molecule has 0 bridgehead atoms. The zero-order chi connectivity index (χ0) is 16.3. The number of nitrogens with one attached hydrogen (secondary N) is 1. The second-order valence-electron chi connectivity index (χ2n) is 5.90. The lowest BCUT2D eigenvalue weighted by Gasteiger charge is -2.25. The van der Waals surface area contributed by atoms with Crippen molar-refractivity contribution < 1.29 is 17.9 Å². The standard InChI is InChI=1S/C15H22N2O4S2/c18-15(13-5-4-10-21-13)16-11-12-6-7-14(22-12)23(19,20)17-8-2-1-3-9-17/h6-7,13H,1-5,8-11H2,(H,16,18)/t13-/m1/s1. The molecule has 2 saturated heterocycles. The lowest BCUT2D eigenvalue weighted by Crippen LogP contribution is -2.35. The second-order valence-corrected chi connectivity index (χ2v) is 9.24. The van der Waals surface area contributed by atoms with E-state index in [0.29, 0.717) is 30.5 Å². The van der Waals surface area contributed by atoms with Crippen molar-refractivity contribution in [1.29, 1.82) is 0 Å². The Balaban J connectivity index is 1.59. The van der Waals surface area contributed by atoms with Gasteiger partial charge in [0.1, 0.15) is 10.3 Å².